The summed E-state index contributed by atoms with van der Waals surface area (Å²) in [7, 11) is 1.81. The van der Waals surface area contributed by atoms with Crippen molar-refractivity contribution in [2.24, 2.45) is 0 Å². The van der Waals surface area contributed by atoms with E-state index in [0.29, 0.717) is 5.88 Å². The number of halogens is 1. The predicted molar refractivity (Wildman–Crippen MR) is 51.3 cm³/mol. The normalized spacial score (nSPS) is 10.5. The summed E-state index contributed by atoms with van der Waals surface area (Å²) < 4.78 is 6.06. The van der Waals surface area contributed by atoms with Gasteiger partial charge < -0.3 is 9.84 Å². The van der Waals surface area contributed by atoms with Gasteiger partial charge in [0.1, 0.15) is 5.52 Å². The first kappa shape index (κ1) is 7.61. The average molecular weight is 227 g/mol. The number of nitrogens with zero attached hydrogens (tertiary/aromatic N) is 1. The van der Waals surface area contributed by atoms with Crippen molar-refractivity contribution in [3.05, 3.63) is 22.7 Å². The molecule has 0 radical (unpaired) electrons. The number of aromatic nitrogens is 1. The van der Waals surface area contributed by atoms with E-state index in [1.165, 1.54) is 0 Å². The van der Waals surface area contributed by atoms with Crippen molar-refractivity contribution in [2.75, 3.05) is 12.4 Å². The standard InChI is InChI=1S/C8H7BrN2O/c1-10-8-6-4-5(9)2-3-7(6)11-12-8/h2-4,10H,1H3. The molecule has 0 aliphatic heterocycles. The Morgan fingerprint density at radius 2 is 2.33 bits per heavy atom. The minimum atomic E-state index is 0.700. The highest BCUT2D eigenvalue weighted by atomic mass is 79.9. The van der Waals surface area contributed by atoms with Crippen LogP contribution in [0.25, 0.3) is 10.9 Å². The maximum absolute atomic E-state index is 5.04. The quantitative estimate of drug-likeness (QED) is 0.813. The molecule has 62 valence electrons. The summed E-state index contributed by atoms with van der Waals surface area (Å²) in [6.07, 6.45) is 0. The maximum Gasteiger partial charge on any atom is 0.232 e. The Kier molecular flexibility index (Phi) is 1.77. The SMILES string of the molecule is CNc1onc2ccc(Br)cc12. The molecule has 0 amide bonds. The molecule has 0 fully saturated rings. The van der Waals surface area contributed by atoms with Crippen LogP contribution in [0.2, 0.25) is 0 Å². The molecule has 0 spiro atoms. The first-order chi connectivity index (χ1) is 5.81. The lowest BCUT2D eigenvalue weighted by atomic mass is 10.2. The van der Waals surface area contributed by atoms with E-state index < -0.39 is 0 Å². The van der Waals surface area contributed by atoms with Gasteiger partial charge in [0, 0.05) is 11.5 Å². The molecule has 2 rings (SSSR count). The zero-order chi connectivity index (χ0) is 8.55. The van der Waals surface area contributed by atoms with Crippen LogP contribution in [0.3, 0.4) is 0 Å². The summed E-state index contributed by atoms with van der Waals surface area (Å²) in [4.78, 5) is 0. The van der Waals surface area contributed by atoms with Gasteiger partial charge in [0.2, 0.25) is 5.88 Å². The summed E-state index contributed by atoms with van der Waals surface area (Å²) in [6.45, 7) is 0. The third-order valence-corrected chi connectivity index (χ3v) is 2.16. The lowest BCUT2D eigenvalue weighted by molar-refractivity contribution is 0.442. The number of nitrogens with one attached hydrogen (secondary N) is 1. The van der Waals surface area contributed by atoms with E-state index in [1.54, 1.807) is 7.05 Å². The molecule has 1 aromatic heterocycles. The molecule has 1 N–H and O–H groups in total. The van der Waals surface area contributed by atoms with Gasteiger partial charge in [-0.05, 0) is 18.2 Å². The van der Waals surface area contributed by atoms with Gasteiger partial charge in [-0.15, -0.1) is 0 Å². The molecule has 4 heteroatoms. The van der Waals surface area contributed by atoms with Crippen LogP contribution >= 0.6 is 15.9 Å². The molecule has 12 heavy (non-hydrogen) atoms. The molecule has 0 saturated carbocycles. The second kappa shape index (κ2) is 2.79. The van der Waals surface area contributed by atoms with E-state index in [4.69, 9.17) is 4.52 Å². The fourth-order valence-electron chi connectivity index (χ4n) is 1.09. The first-order valence-electron chi connectivity index (χ1n) is 3.54. The molecule has 2 aromatic rings. The minimum Gasteiger partial charge on any atom is -0.357 e. The molecule has 0 unspecified atom stereocenters. The van der Waals surface area contributed by atoms with E-state index in [-0.39, 0.29) is 0 Å². The highest BCUT2D eigenvalue weighted by Crippen LogP contribution is 2.25. The van der Waals surface area contributed by atoms with Gasteiger partial charge in [0.15, 0.2) is 0 Å². The number of anilines is 1. The van der Waals surface area contributed by atoms with E-state index in [1.807, 2.05) is 18.2 Å². The van der Waals surface area contributed by atoms with Crippen molar-refractivity contribution in [1.82, 2.24) is 5.16 Å². The first-order valence-corrected chi connectivity index (χ1v) is 4.33. The molecule has 0 bridgehead atoms. The van der Waals surface area contributed by atoms with Crippen LogP contribution in [0.4, 0.5) is 5.88 Å². The van der Waals surface area contributed by atoms with Crippen molar-refractivity contribution >= 4 is 32.7 Å². The minimum absolute atomic E-state index is 0.700. The highest BCUT2D eigenvalue weighted by Gasteiger charge is 2.05. The van der Waals surface area contributed by atoms with E-state index in [0.717, 1.165) is 15.4 Å². The lowest BCUT2D eigenvalue weighted by Crippen LogP contribution is -1.84. The lowest BCUT2D eigenvalue weighted by Gasteiger charge is -1.92. The number of hydrogen-bond donors (Lipinski definition) is 1. The number of benzene rings is 1. The zero-order valence-corrected chi connectivity index (χ0v) is 8.05. The average Bonchev–Trinajstić information content (AvgIpc) is 2.46. The van der Waals surface area contributed by atoms with E-state index >= 15 is 0 Å². The third kappa shape index (κ3) is 1.08. The van der Waals surface area contributed by atoms with Crippen LogP contribution in [-0.4, -0.2) is 12.2 Å². The molecule has 1 aromatic carbocycles. The number of hydrogen-bond acceptors (Lipinski definition) is 3. The van der Waals surface area contributed by atoms with Crippen molar-refractivity contribution in [2.45, 2.75) is 0 Å². The summed E-state index contributed by atoms with van der Waals surface area (Å²) in [5.41, 5.74) is 0.863. The van der Waals surface area contributed by atoms with Gasteiger partial charge >= 0.3 is 0 Å². The second-order valence-electron chi connectivity index (χ2n) is 2.42. The largest absolute Gasteiger partial charge is 0.357 e. The van der Waals surface area contributed by atoms with Gasteiger partial charge in [0.05, 0.1) is 5.39 Å². The Hall–Kier alpha value is -1.03. The Labute approximate surface area is 77.9 Å². The van der Waals surface area contributed by atoms with Crippen LogP contribution in [-0.2, 0) is 0 Å². The number of rotatable bonds is 1. The van der Waals surface area contributed by atoms with Gasteiger partial charge in [-0.3, -0.25) is 0 Å². The molecule has 0 atom stereocenters. The maximum atomic E-state index is 5.04. The third-order valence-electron chi connectivity index (χ3n) is 1.67. The van der Waals surface area contributed by atoms with Crippen LogP contribution in [0.1, 0.15) is 0 Å². The van der Waals surface area contributed by atoms with Gasteiger partial charge in [-0.1, -0.05) is 21.1 Å². The fourth-order valence-corrected chi connectivity index (χ4v) is 1.46. The molecule has 1 heterocycles. The van der Waals surface area contributed by atoms with Crippen LogP contribution in [0, 0.1) is 0 Å². The zero-order valence-electron chi connectivity index (χ0n) is 6.47. The molecular weight excluding hydrogens is 220 g/mol. The molecule has 3 nitrogen and oxygen atoms in total. The van der Waals surface area contributed by atoms with E-state index in [9.17, 15) is 0 Å². The summed E-state index contributed by atoms with van der Waals surface area (Å²) in [5, 5.41) is 7.79. The molecule has 0 saturated heterocycles. The topological polar surface area (TPSA) is 38.1 Å². The molecule has 0 aliphatic carbocycles. The van der Waals surface area contributed by atoms with Gasteiger partial charge in [-0.2, -0.15) is 0 Å². The summed E-state index contributed by atoms with van der Waals surface area (Å²) >= 11 is 3.38. The van der Waals surface area contributed by atoms with Gasteiger partial charge in [0.25, 0.3) is 0 Å². The Bertz CT molecular complexity index is 410. The molecular formula is C8H7BrN2O. The monoisotopic (exact) mass is 226 g/mol. The van der Waals surface area contributed by atoms with Crippen molar-refractivity contribution < 1.29 is 4.52 Å². The molecule has 0 aliphatic rings. The highest BCUT2D eigenvalue weighted by molar-refractivity contribution is 9.10. The predicted octanol–water partition coefficient (Wildman–Crippen LogP) is 2.63. The summed E-state index contributed by atoms with van der Waals surface area (Å²) in [5.74, 6) is 0.700. The van der Waals surface area contributed by atoms with E-state index in [2.05, 4.69) is 26.4 Å². The van der Waals surface area contributed by atoms with Crippen molar-refractivity contribution in [3.8, 4) is 0 Å². The fraction of sp³-hybridized carbons (Fsp3) is 0.125. The summed E-state index contributed by atoms with van der Waals surface area (Å²) in [6, 6.07) is 5.81. The Balaban J connectivity index is 2.75. The smallest absolute Gasteiger partial charge is 0.232 e. The van der Waals surface area contributed by atoms with Crippen LogP contribution in [0.5, 0.6) is 0 Å². The number of fused-ring (bicyclic) bond motifs is 1. The Morgan fingerprint density at radius 1 is 1.50 bits per heavy atom. The van der Waals surface area contributed by atoms with Crippen LogP contribution < -0.4 is 5.32 Å². The van der Waals surface area contributed by atoms with Crippen LogP contribution in [0.15, 0.2) is 27.2 Å². The second-order valence-corrected chi connectivity index (χ2v) is 3.34. The van der Waals surface area contributed by atoms with Crippen molar-refractivity contribution in [1.29, 1.82) is 0 Å². The van der Waals surface area contributed by atoms with Crippen molar-refractivity contribution in [3.63, 3.8) is 0 Å². The van der Waals surface area contributed by atoms with Gasteiger partial charge in [-0.25, -0.2) is 0 Å². The Morgan fingerprint density at radius 3 is 3.08 bits per heavy atom.